The van der Waals surface area contributed by atoms with Crippen molar-refractivity contribution in [1.82, 2.24) is 0 Å². The van der Waals surface area contributed by atoms with Crippen LogP contribution in [0.15, 0.2) is 155 Å². The summed E-state index contributed by atoms with van der Waals surface area (Å²) in [5.41, 5.74) is 4.32. The van der Waals surface area contributed by atoms with Crippen molar-refractivity contribution in [3.8, 4) is 24.3 Å². The summed E-state index contributed by atoms with van der Waals surface area (Å²) in [6, 6.07) is 24.6. The van der Waals surface area contributed by atoms with Crippen LogP contribution in [0.3, 0.4) is 0 Å². The second kappa shape index (κ2) is 12.0. The van der Waals surface area contributed by atoms with Gasteiger partial charge in [0.05, 0.1) is 41.7 Å². The molecule has 0 N–H and O–H groups in total. The molecule has 2 atom stereocenters. The molecular weight excluding hydrogens is 625 g/mol. The van der Waals surface area contributed by atoms with E-state index in [1.54, 1.807) is 0 Å². The summed E-state index contributed by atoms with van der Waals surface area (Å²) in [7, 11) is 0. The van der Waals surface area contributed by atoms with Crippen LogP contribution in [-0.2, 0) is 12.6 Å². The first-order valence-corrected chi connectivity index (χ1v) is 16.1. The fourth-order valence-corrected chi connectivity index (χ4v) is 7.29. The van der Waals surface area contributed by atoms with Gasteiger partial charge in [-0.2, -0.15) is 25.9 Å². The van der Waals surface area contributed by atoms with E-state index in [1.165, 1.54) is 0 Å². The summed E-state index contributed by atoms with van der Waals surface area (Å²) in [5, 5.41) is 42.3. The van der Waals surface area contributed by atoms with Crippen molar-refractivity contribution in [2.75, 3.05) is 0 Å². The van der Waals surface area contributed by atoms with Gasteiger partial charge in [-0.15, -0.1) is 0 Å². The Morgan fingerprint density at radius 2 is 1.10 bits per heavy atom. The van der Waals surface area contributed by atoms with E-state index >= 15 is 0 Å². The molecule has 0 fully saturated rings. The lowest BCUT2D eigenvalue weighted by molar-refractivity contribution is 0.576. The Labute approximate surface area is 291 Å². The predicted octanol–water partition coefficient (Wildman–Crippen LogP) is 8.76. The highest BCUT2D eigenvalue weighted by Gasteiger charge is 2.51. The van der Waals surface area contributed by atoms with E-state index in [4.69, 9.17) is 24.8 Å². The Bertz CT molecular complexity index is 2210. The van der Waals surface area contributed by atoms with E-state index in [9.17, 15) is 21.0 Å². The number of rotatable bonds is 4. The number of hydrogen-bond donors (Lipinski definition) is 0. The number of nitriles is 4. The molecule has 0 aromatic heterocycles. The van der Waals surface area contributed by atoms with Gasteiger partial charge < -0.3 is 12.6 Å². The fourth-order valence-electron chi connectivity index (χ4n) is 7.02. The monoisotopic (exact) mass is 648 g/mol. The summed E-state index contributed by atoms with van der Waals surface area (Å²) in [5.74, 6) is -0.000266. The maximum Gasteiger partial charge on any atom is 0.186 e. The van der Waals surface area contributed by atoms with Crippen LogP contribution in [0.4, 0.5) is 0 Å². The smallest absolute Gasteiger partial charge is 0.186 e. The Morgan fingerprint density at radius 1 is 0.625 bits per heavy atom. The minimum Gasteiger partial charge on any atom is -0.780 e. The lowest BCUT2D eigenvalue weighted by atomic mass is 9.71. The van der Waals surface area contributed by atoms with E-state index in [0.717, 1.165) is 54.7 Å². The summed E-state index contributed by atoms with van der Waals surface area (Å²) in [4.78, 5) is 1.48. The van der Waals surface area contributed by atoms with Gasteiger partial charge in [0.1, 0.15) is 4.86 Å². The number of nitrogens with zero attached hydrogens (tertiary/aromatic N) is 4. The van der Waals surface area contributed by atoms with Crippen LogP contribution in [0, 0.1) is 73.9 Å². The standard InChI is InChI=1S/C42H24N4S2/c43-23-41(24-44)37(21-33-5-1-3-31(19-39(33)41)27-11-15-35(47)16-12-27)29-7-9-30(10-8-29)38-22-34-6-2-4-32(28-13-17-36(48)18-14-28)20-40(34)42(38,25-45)26-46/h1-22,39-40H. The van der Waals surface area contributed by atoms with Crippen LogP contribution in [-0.4, -0.2) is 4.86 Å². The van der Waals surface area contributed by atoms with Crippen molar-refractivity contribution in [3.63, 3.8) is 0 Å². The molecule has 0 aliphatic heterocycles. The summed E-state index contributed by atoms with van der Waals surface area (Å²) in [6.45, 7) is 0. The molecule has 4 nitrogen and oxygen atoms in total. The molecule has 5 aliphatic rings. The number of thiocarbonyl (C=S) groups is 1. The van der Waals surface area contributed by atoms with Gasteiger partial charge >= 0.3 is 0 Å². The normalized spacial score (nSPS) is 22.5. The van der Waals surface area contributed by atoms with Crippen molar-refractivity contribution in [2.24, 2.45) is 22.7 Å². The maximum absolute atomic E-state index is 10.6. The molecule has 2 aromatic rings. The SMILES string of the molecule is N#CC1(C#N)C(c2ccc(C3=CC4=CC=CC([C+]5C=CC(=S)C=C5)=CC4C3(C#N)C#N)cc2)=CC2=CC=CC(c3ccc([S-])cc3)=CC21. The highest BCUT2D eigenvalue weighted by atomic mass is 32.1. The molecule has 0 bridgehead atoms. The number of allylic oxidation sites excluding steroid dienone is 20. The van der Waals surface area contributed by atoms with Gasteiger partial charge in [0, 0.05) is 36.3 Å². The first-order valence-electron chi connectivity index (χ1n) is 15.3. The van der Waals surface area contributed by atoms with Crippen LogP contribution in [0.5, 0.6) is 0 Å². The average molecular weight is 649 g/mol. The molecule has 2 aromatic carbocycles. The lowest BCUT2D eigenvalue weighted by Crippen LogP contribution is -2.25. The van der Waals surface area contributed by atoms with Gasteiger partial charge in [0.15, 0.2) is 10.8 Å². The molecule has 0 heterocycles. The number of benzene rings is 2. The van der Waals surface area contributed by atoms with Gasteiger partial charge in [0.2, 0.25) is 0 Å². The van der Waals surface area contributed by atoms with E-state index in [-0.39, 0.29) is 0 Å². The maximum atomic E-state index is 10.6. The molecule has 2 unspecified atom stereocenters. The molecule has 7 rings (SSSR count). The summed E-state index contributed by atoms with van der Waals surface area (Å²) < 4.78 is 0. The van der Waals surface area contributed by atoms with E-state index < -0.39 is 22.7 Å². The zero-order valence-electron chi connectivity index (χ0n) is 25.5. The molecule has 0 saturated heterocycles. The van der Waals surface area contributed by atoms with Crippen LogP contribution in [0.2, 0.25) is 0 Å². The van der Waals surface area contributed by atoms with Crippen LogP contribution >= 0.6 is 12.2 Å². The third-order valence-electron chi connectivity index (χ3n) is 9.53. The van der Waals surface area contributed by atoms with Crippen LogP contribution < -0.4 is 0 Å². The quantitative estimate of drug-likeness (QED) is 0.187. The largest absolute Gasteiger partial charge is 0.780 e. The van der Waals surface area contributed by atoms with Crippen molar-refractivity contribution >= 4 is 46.4 Å². The molecule has 6 heteroatoms. The second-order valence-corrected chi connectivity index (χ2v) is 13.0. The molecule has 0 radical (unpaired) electrons. The van der Waals surface area contributed by atoms with Gasteiger partial charge in [-0.25, -0.2) is 0 Å². The molecule has 0 saturated carbocycles. The first kappa shape index (κ1) is 30.6. The van der Waals surface area contributed by atoms with Gasteiger partial charge in [0.25, 0.3) is 0 Å². The van der Waals surface area contributed by atoms with E-state index in [0.29, 0.717) is 11.1 Å². The van der Waals surface area contributed by atoms with Crippen molar-refractivity contribution in [2.45, 2.75) is 4.90 Å². The van der Waals surface area contributed by atoms with Gasteiger partial charge in [-0.1, -0.05) is 97.2 Å². The van der Waals surface area contributed by atoms with Crippen molar-refractivity contribution in [1.29, 1.82) is 21.0 Å². The lowest BCUT2D eigenvalue weighted by Gasteiger charge is -2.25. The van der Waals surface area contributed by atoms with Gasteiger partial charge in [-0.3, -0.25) is 0 Å². The zero-order chi connectivity index (χ0) is 33.5. The van der Waals surface area contributed by atoms with Crippen LogP contribution in [0.25, 0.3) is 16.7 Å². The van der Waals surface area contributed by atoms with Crippen molar-refractivity contribution in [3.05, 3.63) is 173 Å². The van der Waals surface area contributed by atoms with Crippen LogP contribution in [0.1, 0.15) is 16.7 Å². The Hall–Kier alpha value is -6.02. The Balaban J connectivity index is 1.24. The molecule has 224 valence electrons. The fraction of sp³-hybridized carbons (Fsp3) is 0.0952. The number of hydrogen-bond acceptors (Lipinski definition) is 6. The minimum absolute atomic E-state index is 0.479. The Kier molecular flexibility index (Phi) is 7.64. The zero-order valence-corrected chi connectivity index (χ0v) is 27.1. The average Bonchev–Trinajstić information content (AvgIpc) is 3.36. The predicted molar refractivity (Wildman–Crippen MR) is 193 cm³/mol. The molecule has 0 spiro atoms. The summed E-state index contributed by atoms with van der Waals surface area (Å²) in [6.07, 6.45) is 27.3. The highest BCUT2D eigenvalue weighted by molar-refractivity contribution is 7.81. The van der Waals surface area contributed by atoms with Crippen molar-refractivity contribution < 1.29 is 0 Å². The summed E-state index contributed by atoms with van der Waals surface area (Å²) >= 11 is 10.5. The highest BCUT2D eigenvalue weighted by Crippen LogP contribution is 2.55. The molecule has 0 amide bonds. The second-order valence-electron chi connectivity index (χ2n) is 12.1. The molecule has 5 aliphatic carbocycles. The third kappa shape index (κ3) is 4.84. The van der Waals surface area contributed by atoms with E-state index in [1.807, 2.05) is 134 Å². The topological polar surface area (TPSA) is 95.2 Å². The number of fused-ring (bicyclic) bond motifs is 2. The first-order chi connectivity index (χ1) is 23.4. The minimum atomic E-state index is -1.45. The van der Waals surface area contributed by atoms with Gasteiger partial charge in [-0.05, 0) is 62.8 Å². The van der Waals surface area contributed by atoms with E-state index in [2.05, 4.69) is 24.3 Å². The Morgan fingerprint density at radius 3 is 1.62 bits per heavy atom. The third-order valence-corrected chi connectivity index (χ3v) is 10.1. The molecular formula is C42H24N4S2. The molecule has 48 heavy (non-hydrogen) atoms.